The second kappa shape index (κ2) is 6.48. The van der Waals surface area contributed by atoms with Gasteiger partial charge in [-0.05, 0) is 38.3 Å². The van der Waals surface area contributed by atoms with Gasteiger partial charge in [-0.15, -0.1) is 0 Å². The molecule has 4 heterocycles. The molecule has 4 rings (SSSR count). The summed E-state index contributed by atoms with van der Waals surface area (Å²) in [6.45, 7) is 3.85. The number of rotatable bonds is 3. The summed E-state index contributed by atoms with van der Waals surface area (Å²) in [5.74, 6) is 1.02. The number of anilines is 1. The van der Waals surface area contributed by atoms with Crippen molar-refractivity contribution in [2.75, 3.05) is 25.0 Å². The van der Waals surface area contributed by atoms with Gasteiger partial charge in [0, 0.05) is 37.2 Å². The summed E-state index contributed by atoms with van der Waals surface area (Å²) in [4.78, 5) is 23.0. The van der Waals surface area contributed by atoms with Crippen LogP contribution in [0.5, 0.6) is 0 Å². The largest absolute Gasteiger partial charge is 0.459 e. The topological polar surface area (TPSA) is 80.5 Å². The number of furan rings is 1. The number of nitrogens with one attached hydrogen (secondary N) is 1. The first kappa shape index (κ1) is 16.1. The van der Waals surface area contributed by atoms with Gasteiger partial charge in [0.25, 0.3) is 5.91 Å². The van der Waals surface area contributed by atoms with Gasteiger partial charge in [-0.1, -0.05) is 0 Å². The number of ether oxygens (including phenoxy) is 1. The van der Waals surface area contributed by atoms with Crippen LogP contribution in [0.1, 0.15) is 35.4 Å². The van der Waals surface area contributed by atoms with Crippen LogP contribution in [-0.2, 0) is 4.74 Å². The van der Waals surface area contributed by atoms with Gasteiger partial charge in [-0.3, -0.25) is 4.79 Å². The Morgan fingerprint density at radius 2 is 2.24 bits per heavy atom. The molecule has 0 unspecified atom stereocenters. The smallest absolute Gasteiger partial charge is 0.289 e. The Labute approximate surface area is 146 Å². The highest BCUT2D eigenvalue weighted by molar-refractivity contribution is 5.93. The highest BCUT2D eigenvalue weighted by Gasteiger charge is 2.45. The van der Waals surface area contributed by atoms with E-state index in [-0.39, 0.29) is 17.6 Å². The van der Waals surface area contributed by atoms with E-state index in [1.54, 1.807) is 24.7 Å². The van der Waals surface area contributed by atoms with E-state index in [1.165, 1.54) is 0 Å². The van der Waals surface area contributed by atoms with Crippen molar-refractivity contribution >= 4 is 11.9 Å². The predicted molar refractivity (Wildman–Crippen MR) is 91.3 cm³/mol. The zero-order valence-corrected chi connectivity index (χ0v) is 14.3. The fraction of sp³-hybridized carbons (Fsp3) is 0.500. The van der Waals surface area contributed by atoms with E-state index in [9.17, 15) is 4.79 Å². The molecule has 0 aromatic carbocycles. The van der Waals surface area contributed by atoms with Crippen molar-refractivity contribution in [3.05, 3.63) is 42.1 Å². The fourth-order valence-corrected chi connectivity index (χ4v) is 3.75. The highest BCUT2D eigenvalue weighted by atomic mass is 16.5. The summed E-state index contributed by atoms with van der Waals surface area (Å²) < 4.78 is 11.5. The molecule has 0 saturated carbocycles. The summed E-state index contributed by atoms with van der Waals surface area (Å²) in [5, 5.41) is 3.39. The molecule has 2 aromatic heterocycles. The van der Waals surface area contributed by atoms with Crippen molar-refractivity contribution < 1.29 is 13.9 Å². The molecule has 0 aliphatic carbocycles. The van der Waals surface area contributed by atoms with Crippen LogP contribution in [0.2, 0.25) is 0 Å². The number of likely N-dealkylation sites (tertiary alicyclic amines) is 1. The van der Waals surface area contributed by atoms with Crippen LogP contribution in [0.15, 0.2) is 35.2 Å². The molecular formula is C18H22N4O3. The minimum absolute atomic E-state index is 0.0514. The number of carbonyl (C=O) groups excluding carboxylic acids is 1. The van der Waals surface area contributed by atoms with Crippen LogP contribution < -0.4 is 5.32 Å². The number of carbonyl (C=O) groups is 1. The molecule has 2 saturated heterocycles. The molecule has 0 radical (unpaired) electrons. The third kappa shape index (κ3) is 3.24. The normalized spacial score (nSPS) is 26.1. The molecule has 2 fully saturated rings. The average Bonchev–Trinajstić information content (AvgIpc) is 3.22. The Hall–Kier alpha value is -2.41. The van der Waals surface area contributed by atoms with Crippen molar-refractivity contribution in [1.82, 2.24) is 14.9 Å². The van der Waals surface area contributed by atoms with E-state index >= 15 is 0 Å². The maximum absolute atomic E-state index is 12.7. The molecule has 132 valence electrons. The Kier molecular flexibility index (Phi) is 4.17. The second-order valence-electron chi connectivity index (χ2n) is 6.85. The molecule has 7 nitrogen and oxygen atoms in total. The van der Waals surface area contributed by atoms with Gasteiger partial charge in [-0.2, -0.15) is 0 Å². The second-order valence-corrected chi connectivity index (χ2v) is 6.85. The first-order valence-electron chi connectivity index (χ1n) is 8.66. The fourth-order valence-electron chi connectivity index (χ4n) is 3.75. The van der Waals surface area contributed by atoms with Crippen molar-refractivity contribution in [2.24, 2.45) is 0 Å². The lowest BCUT2D eigenvalue weighted by Crippen LogP contribution is -2.47. The Balaban J connectivity index is 1.42. The summed E-state index contributed by atoms with van der Waals surface area (Å²) in [5.41, 5.74) is 0.581. The number of aromatic nitrogens is 2. The minimum Gasteiger partial charge on any atom is -0.459 e. The molecule has 0 bridgehead atoms. The molecule has 1 N–H and O–H groups in total. The summed E-state index contributed by atoms with van der Waals surface area (Å²) >= 11 is 0. The van der Waals surface area contributed by atoms with Gasteiger partial charge in [-0.25, -0.2) is 9.97 Å². The van der Waals surface area contributed by atoms with Crippen LogP contribution in [0.3, 0.4) is 0 Å². The van der Waals surface area contributed by atoms with Gasteiger partial charge in [0.15, 0.2) is 5.76 Å². The average molecular weight is 342 g/mol. The Bertz CT molecular complexity index is 748. The predicted octanol–water partition coefficient (Wildman–Crippen LogP) is 2.25. The van der Waals surface area contributed by atoms with Crippen LogP contribution in [0.4, 0.5) is 5.95 Å². The summed E-state index contributed by atoms with van der Waals surface area (Å²) in [6.07, 6.45) is 7.60. The van der Waals surface area contributed by atoms with Crippen LogP contribution in [-0.4, -0.2) is 52.1 Å². The molecule has 1 amide bonds. The lowest BCUT2D eigenvalue weighted by Gasteiger charge is -2.38. The Morgan fingerprint density at radius 3 is 3.00 bits per heavy atom. The molecule has 2 aliphatic heterocycles. The highest BCUT2D eigenvalue weighted by Crippen LogP contribution is 2.35. The number of hydrogen-bond acceptors (Lipinski definition) is 6. The molecule has 2 aromatic rings. The van der Waals surface area contributed by atoms with Gasteiger partial charge in [0.1, 0.15) is 0 Å². The van der Waals surface area contributed by atoms with Crippen molar-refractivity contribution in [2.45, 2.75) is 37.8 Å². The summed E-state index contributed by atoms with van der Waals surface area (Å²) in [7, 11) is 0. The lowest BCUT2D eigenvalue weighted by molar-refractivity contribution is -0.0721. The third-order valence-electron chi connectivity index (χ3n) is 5.05. The quantitative estimate of drug-likeness (QED) is 0.921. The van der Waals surface area contributed by atoms with Gasteiger partial charge in [0.2, 0.25) is 5.95 Å². The standard InChI is InChI=1S/C18H22N4O3/c1-13-3-9-24-15(13)16(23)22-8-5-18(12-22)11-14(4-10-25-18)21-17-19-6-2-7-20-17/h2-3,6-7,9,14H,4-5,8,10-12H2,1H3,(H,19,20,21)/t14-,18-/m1/s1. The first-order valence-corrected chi connectivity index (χ1v) is 8.66. The van der Waals surface area contributed by atoms with E-state index in [0.717, 1.165) is 24.8 Å². The number of nitrogens with zero attached hydrogens (tertiary/aromatic N) is 3. The minimum atomic E-state index is -0.291. The van der Waals surface area contributed by atoms with E-state index in [2.05, 4.69) is 15.3 Å². The number of aryl methyl sites for hydroxylation is 1. The monoisotopic (exact) mass is 342 g/mol. The maximum Gasteiger partial charge on any atom is 0.289 e. The lowest BCUT2D eigenvalue weighted by atomic mass is 9.89. The maximum atomic E-state index is 12.7. The summed E-state index contributed by atoms with van der Waals surface area (Å²) in [6, 6.07) is 3.86. The third-order valence-corrected chi connectivity index (χ3v) is 5.05. The van der Waals surface area contributed by atoms with E-state index in [4.69, 9.17) is 9.15 Å². The van der Waals surface area contributed by atoms with Crippen molar-refractivity contribution in [1.29, 1.82) is 0 Å². The first-order chi connectivity index (χ1) is 12.2. The van der Waals surface area contributed by atoms with Gasteiger partial charge < -0.3 is 19.4 Å². The van der Waals surface area contributed by atoms with Crippen LogP contribution in [0.25, 0.3) is 0 Å². The van der Waals surface area contributed by atoms with E-state index < -0.39 is 0 Å². The zero-order chi connectivity index (χ0) is 17.3. The van der Waals surface area contributed by atoms with Crippen LogP contribution >= 0.6 is 0 Å². The van der Waals surface area contributed by atoms with E-state index in [0.29, 0.717) is 31.4 Å². The van der Waals surface area contributed by atoms with Crippen molar-refractivity contribution in [3.63, 3.8) is 0 Å². The molecule has 7 heteroatoms. The molecular weight excluding hydrogens is 320 g/mol. The van der Waals surface area contributed by atoms with Crippen molar-refractivity contribution in [3.8, 4) is 0 Å². The van der Waals surface area contributed by atoms with Gasteiger partial charge in [0.05, 0.1) is 18.4 Å². The van der Waals surface area contributed by atoms with Gasteiger partial charge >= 0.3 is 0 Å². The van der Waals surface area contributed by atoms with E-state index in [1.807, 2.05) is 17.9 Å². The number of amides is 1. The SMILES string of the molecule is Cc1ccoc1C(=O)N1CC[C@@]2(C[C@H](Nc3ncccn3)CCO2)C1. The Morgan fingerprint density at radius 1 is 1.40 bits per heavy atom. The zero-order valence-electron chi connectivity index (χ0n) is 14.3. The van der Waals surface area contributed by atoms with Crippen LogP contribution in [0, 0.1) is 6.92 Å². The molecule has 2 aliphatic rings. The molecule has 2 atom stereocenters. The number of hydrogen-bond donors (Lipinski definition) is 1. The molecule has 1 spiro atoms. The molecule has 25 heavy (non-hydrogen) atoms.